The van der Waals surface area contributed by atoms with Crippen LogP contribution in [0, 0.1) is 5.82 Å². The molecule has 2 N–H and O–H groups in total. The number of ether oxygens (including phenoxy) is 1. The average Bonchev–Trinajstić information content (AvgIpc) is 3.43. The molecule has 5 nitrogen and oxygen atoms in total. The van der Waals surface area contributed by atoms with Gasteiger partial charge in [0.2, 0.25) is 0 Å². The van der Waals surface area contributed by atoms with E-state index < -0.39 is 29.1 Å². The van der Waals surface area contributed by atoms with E-state index >= 15 is 0 Å². The lowest BCUT2D eigenvalue weighted by Gasteiger charge is -2.36. The molecular weight excluding hydrogens is 582 g/mol. The summed E-state index contributed by atoms with van der Waals surface area (Å²) in [7, 11) is 0. The van der Waals surface area contributed by atoms with Crippen molar-refractivity contribution in [2.75, 3.05) is 0 Å². The Morgan fingerprint density at radius 1 is 0.907 bits per heavy atom. The zero-order chi connectivity index (χ0) is 30.5. The van der Waals surface area contributed by atoms with Crippen molar-refractivity contribution in [1.29, 1.82) is 0 Å². The first kappa shape index (κ1) is 30.5. The summed E-state index contributed by atoms with van der Waals surface area (Å²) in [6.07, 6.45) is -1.52. The minimum atomic E-state index is -4.82. The Kier molecular flexibility index (Phi) is 9.32. The van der Waals surface area contributed by atoms with Crippen LogP contribution >= 0.6 is 11.6 Å². The lowest BCUT2D eigenvalue weighted by atomic mass is 9.79. The number of benzene rings is 3. The fraction of sp³-hybridized carbons (Fsp3) is 0.273. The molecule has 1 fully saturated rings. The van der Waals surface area contributed by atoms with Crippen molar-refractivity contribution in [3.05, 3.63) is 136 Å². The number of carbonyl (C=O) groups excluding carboxylic acids is 1. The summed E-state index contributed by atoms with van der Waals surface area (Å²) in [6, 6.07) is 22.9. The van der Waals surface area contributed by atoms with Crippen molar-refractivity contribution >= 4 is 17.6 Å². The van der Waals surface area contributed by atoms with E-state index in [1.54, 1.807) is 30.3 Å². The third kappa shape index (κ3) is 7.53. The van der Waals surface area contributed by atoms with Crippen molar-refractivity contribution < 1.29 is 27.1 Å². The van der Waals surface area contributed by atoms with E-state index in [1.165, 1.54) is 18.3 Å². The van der Waals surface area contributed by atoms with Crippen molar-refractivity contribution in [3.63, 3.8) is 0 Å². The van der Waals surface area contributed by atoms with E-state index in [-0.39, 0.29) is 29.8 Å². The zero-order valence-corrected chi connectivity index (χ0v) is 23.8. The summed E-state index contributed by atoms with van der Waals surface area (Å²) in [5, 5.41) is 6.18. The summed E-state index contributed by atoms with van der Waals surface area (Å²) in [5.74, 6) is -1.09. The minimum absolute atomic E-state index is 0.0186. The van der Waals surface area contributed by atoms with E-state index in [4.69, 9.17) is 16.3 Å². The number of nitrogens with one attached hydrogen (secondary N) is 2. The second kappa shape index (κ2) is 13.1. The molecule has 43 heavy (non-hydrogen) atoms. The summed E-state index contributed by atoms with van der Waals surface area (Å²) in [4.78, 5) is 18.2. The number of halogens is 5. The van der Waals surface area contributed by atoms with E-state index in [0.717, 1.165) is 30.5 Å². The lowest BCUT2D eigenvalue weighted by Crippen LogP contribution is -2.55. The zero-order valence-electron chi connectivity index (χ0n) is 23.1. The van der Waals surface area contributed by atoms with Crippen LogP contribution in [0.15, 0.2) is 97.2 Å². The first-order chi connectivity index (χ1) is 20.6. The summed E-state index contributed by atoms with van der Waals surface area (Å²) in [6.45, 7) is 0.376. The monoisotopic (exact) mass is 611 g/mol. The quantitative estimate of drug-likeness (QED) is 0.190. The molecule has 5 rings (SSSR count). The summed E-state index contributed by atoms with van der Waals surface area (Å²) < 4.78 is 62.6. The fourth-order valence-corrected chi connectivity index (χ4v) is 5.63. The van der Waals surface area contributed by atoms with Gasteiger partial charge >= 0.3 is 12.2 Å². The van der Waals surface area contributed by atoms with Gasteiger partial charge in [0, 0.05) is 12.6 Å². The Bertz CT molecular complexity index is 1520. The number of alkyl halides is 3. The molecule has 3 atom stereocenters. The SMILES string of the molecule is O=C(N[C@@H]1CCC[C@H]1OCc1ccccc1)N[C@@](Cc1ccccc1)(c1cc(F)cc(C(F)(F)F)c1)c1ccc(Cl)cn1. The van der Waals surface area contributed by atoms with Gasteiger partial charge in [0.15, 0.2) is 0 Å². The Labute approximate surface area is 252 Å². The summed E-state index contributed by atoms with van der Waals surface area (Å²) >= 11 is 6.10. The molecule has 0 aliphatic heterocycles. The van der Waals surface area contributed by atoms with Crippen molar-refractivity contribution in [3.8, 4) is 0 Å². The predicted molar refractivity (Wildman–Crippen MR) is 156 cm³/mol. The maximum absolute atomic E-state index is 14.9. The molecule has 1 aromatic heterocycles. The summed E-state index contributed by atoms with van der Waals surface area (Å²) in [5.41, 5.74) is -1.12. The third-order valence-corrected chi connectivity index (χ3v) is 7.82. The van der Waals surface area contributed by atoms with Gasteiger partial charge in [-0.15, -0.1) is 0 Å². The maximum Gasteiger partial charge on any atom is 0.416 e. The molecule has 0 unspecified atom stereocenters. The number of urea groups is 1. The first-order valence-corrected chi connectivity index (χ1v) is 14.3. The topological polar surface area (TPSA) is 63.2 Å². The Morgan fingerprint density at radius 2 is 1.58 bits per heavy atom. The van der Waals surface area contributed by atoms with Crippen LogP contribution in [0.3, 0.4) is 0 Å². The molecule has 1 aliphatic rings. The van der Waals surface area contributed by atoms with Crippen LogP contribution in [0.5, 0.6) is 0 Å². The first-order valence-electron chi connectivity index (χ1n) is 13.9. The molecule has 10 heteroatoms. The lowest BCUT2D eigenvalue weighted by molar-refractivity contribution is -0.137. The van der Waals surface area contributed by atoms with Crippen molar-refractivity contribution in [2.24, 2.45) is 0 Å². The number of pyridine rings is 1. The number of amides is 2. The van der Waals surface area contributed by atoms with Gasteiger partial charge in [-0.05, 0) is 66.3 Å². The van der Waals surface area contributed by atoms with Crippen LogP contribution in [0.1, 0.15) is 47.2 Å². The molecule has 224 valence electrons. The molecule has 1 saturated carbocycles. The highest BCUT2D eigenvalue weighted by Crippen LogP contribution is 2.38. The number of nitrogens with zero attached hydrogens (tertiary/aromatic N) is 1. The number of hydrogen-bond donors (Lipinski definition) is 2. The van der Waals surface area contributed by atoms with Gasteiger partial charge in [-0.25, -0.2) is 9.18 Å². The molecule has 2 amide bonds. The van der Waals surface area contributed by atoms with Crippen LogP contribution in [0.4, 0.5) is 22.4 Å². The highest BCUT2D eigenvalue weighted by atomic mass is 35.5. The van der Waals surface area contributed by atoms with Gasteiger partial charge in [-0.3, -0.25) is 4.98 Å². The second-order valence-electron chi connectivity index (χ2n) is 10.6. The number of carbonyl (C=O) groups is 1. The van der Waals surface area contributed by atoms with Gasteiger partial charge in [-0.2, -0.15) is 13.2 Å². The third-order valence-electron chi connectivity index (χ3n) is 7.60. The molecule has 3 aromatic carbocycles. The number of hydrogen-bond acceptors (Lipinski definition) is 3. The smallest absolute Gasteiger partial charge is 0.371 e. The molecule has 0 saturated heterocycles. The molecular formula is C33H30ClF4N3O2. The van der Waals surface area contributed by atoms with E-state index in [1.807, 2.05) is 30.3 Å². The van der Waals surface area contributed by atoms with E-state index in [2.05, 4.69) is 15.6 Å². The second-order valence-corrected chi connectivity index (χ2v) is 11.1. The maximum atomic E-state index is 14.9. The number of aromatic nitrogens is 1. The standard InChI is InChI=1S/C33H30ClF4N3O2/c34-26-14-15-30(39-20-26)32(19-22-8-3-1-4-9-22,24-16-25(33(36,37)38)18-27(35)17-24)41-31(42)40-28-12-7-13-29(28)43-21-23-10-5-2-6-11-23/h1-6,8-11,14-18,20,28-29H,7,12-13,19,21H2,(H2,40,41,42)/t28-,29-,32+/m1/s1. The van der Waals surface area contributed by atoms with Crippen LogP contribution in [-0.4, -0.2) is 23.2 Å². The van der Waals surface area contributed by atoms with E-state index in [9.17, 15) is 22.4 Å². The highest BCUT2D eigenvalue weighted by molar-refractivity contribution is 6.30. The fourth-order valence-electron chi connectivity index (χ4n) is 5.52. The largest absolute Gasteiger partial charge is 0.416 e. The molecule has 4 aromatic rings. The van der Waals surface area contributed by atoms with Crippen LogP contribution < -0.4 is 10.6 Å². The van der Waals surface area contributed by atoms with E-state index in [0.29, 0.717) is 29.7 Å². The van der Waals surface area contributed by atoms with Crippen molar-refractivity contribution in [1.82, 2.24) is 15.6 Å². The normalized spacial score (nSPS) is 18.2. The Balaban J connectivity index is 1.51. The Morgan fingerprint density at radius 3 is 2.23 bits per heavy atom. The van der Waals surface area contributed by atoms with Gasteiger partial charge in [0.1, 0.15) is 11.4 Å². The van der Waals surface area contributed by atoms with Gasteiger partial charge < -0.3 is 15.4 Å². The highest BCUT2D eigenvalue weighted by Gasteiger charge is 2.42. The Hall–Kier alpha value is -3.95. The molecule has 0 bridgehead atoms. The molecule has 1 aliphatic carbocycles. The molecule has 0 spiro atoms. The van der Waals surface area contributed by atoms with Crippen LogP contribution in [-0.2, 0) is 29.5 Å². The molecule has 0 radical (unpaired) electrons. The van der Waals surface area contributed by atoms with Gasteiger partial charge in [0.05, 0.1) is 35.0 Å². The van der Waals surface area contributed by atoms with Crippen molar-refractivity contribution in [2.45, 2.75) is 56.2 Å². The van der Waals surface area contributed by atoms with Gasteiger partial charge in [0.25, 0.3) is 0 Å². The van der Waals surface area contributed by atoms with Crippen LogP contribution in [0.2, 0.25) is 5.02 Å². The number of rotatable bonds is 9. The van der Waals surface area contributed by atoms with Crippen LogP contribution in [0.25, 0.3) is 0 Å². The minimum Gasteiger partial charge on any atom is -0.371 e. The predicted octanol–water partition coefficient (Wildman–Crippen LogP) is 7.82. The molecule has 1 heterocycles. The average molecular weight is 612 g/mol. The van der Waals surface area contributed by atoms with Gasteiger partial charge in [-0.1, -0.05) is 72.3 Å².